The van der Waals surface area contributed by atoms with E-state index in [0.29, 0.717) is 0 Å². The third-order valence-corrected chi connectivity index (χ3v) is 2.61. The van der Waals surface area contributed by atoms with E-state index in [1.165, 1.54) is 6.20 Å². The van der Waals surface area contributed by atoms with E-state index in [0.717, 1.165) is 22.5 Å². The molecule has 1 heterocycles. The summed E-state index contributed by atoms with van der Waals surface area (Å²) in [5.74, 6) is 0.999. The Bertz CT molecular complexity index is 495. The number of nitrogens with zero attached hydrogens (tertiary/aromatic N) is 1. The second-order valence-electron chi connectivity index (χ2n) is 3.61. The van der Waals surface area contributed by atoms with Crippen LogP contribution in [0.4, 0.5) is 5.82 Å². The van der Waals surface area contributed by atoms with Crippen LogP contribution in [0.3, 0.4) is 0 Å². The second kappa shape index (κ2) is 4.23. The number of rotatable bonds is 2. The second-order valence-corrected chi connectivity index (χ2v) is 3.61. The van der Waals surface area contributed by atoms with Gasteiger partial charge in [0.2, 0.25) is 0 Å². The van der Waals surface area contributed by atoms with Crippen molar-refractivity contribution in [3.63, 3.8) is 0 Å². The van der Waals surface area contributed by atoms with Crippen LogP contribution >= 0.6 is 0 Å². The Labute approximate surface area is 94.8 Å². The molecule has 0 saturated carbocycles. The molecule has 3 nitrogen and oxygen atoms in total. The summed E-state index contributed by atoms with van der Waals surface area (Å²) in [6, 6.07) is 9.92. The summed E-state index contributed by atoms with van der Waals surface area (Å²) in [5.41, 5.74) is 2.83. The molecule has 1 aromatic carbocycles. The van der Waals surface area contributed by atoms with Gasteiger partial charge in [-0.25, -0.2) is 4.98 Å². The Balaban J connectivity index is 2.67. The zero-order valence-corrected chi connectivity index (χ0v) is 9.36. The Morgan fingerprint density at radius 3 is 2.50 bits per heavy atom. The predicted octanol–water partition coefficient (Wildman–Crippen LogP) is 2.80. The number of aromatic nitrogens is 1. The number of hydrogen-bond donors (Lipinski definition) is 2. The van der Waals surface area contributed by atoms with Gasteiger partial charge < -0.3 is 10.4 Å². The quantitative estimate of drug-likeness (QED) is 0.808. The first kappa shape index (κ1) is 10.5. The lowest BCUT2D eigenvalue weighted by Crippen LogP contribution is -1.97. The third kappa shape index (κ3) is 1.72. The molecule has 2 aromatic rings. The largest absolute Gasteiger partial charge is 0.506 e. The first-order chi connectivity index (χ1) is 7.74. The number of anilines is 1. The summed E-state index contributed by atoms with van der Waals surface area (Å²) in [6.45, 7) is 1.89. The van der Waals surface area contributed by atoms with Crippen molar-refractivity contribution in [1.29, 1.82) is 0 Å². The van der Waals surface area contributed by atoms with Gasteiger partial charge in [-0.1, -0.05) is 30.3 Å². The van der Waals surface area contributed by atoms with Crippen molar-refractivity contribution in [2.45, 2.75) is 6.92 Å². The summed E-state index contributed by atoms with van der Waals surface area (Å²) in [5, 5.41) is 12.7. The predicted molar refractivity (Wildman–Crippen MR) is 65.6 cm³/mol. The number of hydrogen-bond acceptors (Lipinski definition) is 3. The van der Waals surface area contributed by atoms with Crippen LogP contribution in [0.5, 0.6) is 5.75 Å². The van der Waals surface area contributed by atoms with Crippen LogP contribution < -0.4 is 5.32 Å². The third-order valence-electron chi connectivity index (χ3n) is 2.61. The Morgan fingerprint density at radius 2 is 1.88 bits per heavy atom. The van der Waals surface area contributed by atoms with Gasteiger partial charge in [0.25, 0.3) is 0 Å². The molecule has 0 aliphatic heterocycles. The van der Waals surface area contributed by atoms with Crippen LogP contribution in [0.25, 0.3) is 11.1 Å². The molecule has 0 aliphatic carbocycles. The molecule has 0 aliphatic rings. The zero-order chi connectivity index (χ0) is 11.5. The van der Waals surface area contributed by atoms with Gasteiger partial charge in [-0.05, 0) is 12.5 Å². The van der Waals surface area contributed by atoms with E-state index in [2.05, 4.69) is 10.3 Å². The van der Waals surface area contributed by atoms with Crippen molar-refractivity contribution < 1.29 is 5.11 Å². The zero-order valence-electron chi connectivity index (χ0n) is 9.36. The molecule has 0 radical (unpaired) electrons. The van der Waals surface area contributed by atoms with Crippen molar-refractivity contribution in [1.82, 2.24) is 4.98 Å². The van der Waals surface area contributed by atoms with E-state index in [-0.39, 0.29) is 5.75 Å². The highest BCUT2D eigenvalue weighted by molar-refractivity contribution is 5.79. The topological polar surface area (TPSA) is 45.2 Å². The normalized spacial score (nSPS) is 10.1. The van der Waals surface area contributed by atoms with Crippen LogP contribution in [0.1, 0.15) is 5.56 Å². The van der Waals surface area contributed by atoms with Gasteiger partial charge in [0.15, 0.2) is 0 Å². The van der Waals surface area contributed by atoms with Crippen molar-refractivity contribution in [3.05, 3.63) is 42.1 Å². The highest BCUT2D eigenvalue weighted by atomic mass is 16.3. The molecular formula is C13H14N2O. The number of aromatic hydroxyl groups is 1. The molecule has 16 heavy (non-hydrogen) atoms. The minimum absolute atomic E-state index is 0.220. The Morgan fingerprint density at radius 1 is 1.19 bits per heavy atom. The van der Waals surface area contributed by atoms with E-state index in [1.54, 1.807) is 0 Å². The van der Waals surface area contributed by atoms with E-state index in [9.17, 15) is 5.11 Å². The Hall–Kier alpha value is -2.03. The maximum absolute atomic E-state index is 9.69. The average Bonchev–Trinajstić information content (AvgIpc) is 2.33. The molecule has 3 heteroatoms. The maximum atomic E-state index is 9.69. The van der Waals surface area contributed by atoms with Gasteiger partial charge in [0.1, 0.15) is 11.6 Å². The highest BCUT2D eigenvalue weighted by Gasteiger charge is 2.11. The lowest BCUT2D eigenvalue weighted by atomic mass is 10.0. The fourth-order valence-corrected chi connectivity index (χ4v) is 1.74. The number of nitrogens with one attached hydrogen (secondary N) is 1. The fraction of sp³-hybridized carbons (Fsp3) is 0.154. The SMILES string of the molecule is CNc1ncc(O)c(C)c1-c1ccccc1. The molecule has 1 aromatic heterocycles. The van der Waals surface area contributed by atoms with Crippen molar-refractivity contribution >= 4 is 5.82 Å². The van der Waals surface area contributed by atoms with Gasteiger partial charge in [-0.3, -0.25) is 0 Å². The van der Waals surface area contributed by atoms with E-state index < -0.39 is 0 Å². The number of pyridine rings is 1. The standard InChI is InChI=1S/C13H14N2O/c1-9-11(16)8-15-13(14-2)12(9)10-6-4-3-5-7-10/h3-8,16H,1-2H3,(H,14,15). The molecule has 0 saturated heterocycles. The van der Waals surface area contributed by atoms with E-state index >= 15 is 0 Å². The maximum Gasteiger partial charge on any atom is 0.137 e. The van der Waals surface area contributed by atoms with Gasteiger partial charge in [0.05, 0.1) is 6.20 Å². The summed E-state index contributed by atoms with van der Waals surface area (Å²) in [4.78, 5) is 4.17. The summed E-state index contributed by atoms with van der Waals surface area (Å²) in [6.07, 6.45) is 1.47. The van der Waals surface area contributed by atoms with Crippen LogP contribution in [-0.2, 0) is 0 Å². The first-order valence-electron chi connectivity index (χ1n) is 5.15. The summed E-state index contributed by atoms with van der Waals surface area (Å²) < 4.78 is 0. The molecule has 0 fully saturated rings. The van der Waals surface area contributed by atoms with Gasteiger partial charge >= 0.3 is 0 Å². The molecule has 2 N–H and O–H groups in total. The first-order valence-corrected chi connectivity index (χ1v) is 5.15. The van der Waals surface area contributed by atoms with Crippen molar-refractivity contribution in [2.75, 3.05) is 12.4 Å². The molecule has 0 spiro atoms. The highest BCUT2D eigenvalue weighted by Crippen LogP contribution is 2.33. The minimum Gasteiger partial charge on any atom is -0.506 e. The van der Waals surface area contributed by atoms with Crippen LogP contribution in [0.15, 0.2) is 36.5 Å². The molecule has 0 bridgehead atoms. The lowest BCUT2D eigenvalue weighted by Gasteiger charge is -2.12. The summed E-state index contributed by atoms with van der Waals surface area (Å²) in [7, 11) is 1.82. The van der Waals surface area contributed by atoms with E-state index in [1.807, 2.05) is 44.3 Å². The molecule has 2 rings (SSSR count). The molecular weight excluding hydrogens is 200 g/mol. The van der Waals surface area contributed by atoms with Crippen LogP contribution in [-0.4, -0.2) is 17.1 Å². The van der Waals surface area contributed by atoms with Crippen LogP contribution in [0.2, 0.25) is 0 Å². The van der Waals surface area contributed by atoms with Gasteiger partial charge in [0, 0.05) is 18.2 Å². The number of benzene rings is 1. The van der Waals surface area contributed by atoms with Gasteiger partial charge in [-0.15, -0.1) is 0 Å². The van der Waals surface area contributed by atoms with Gasteiger partial charge in [-0.2, -0.15) is 0 Å². The van der Waals surface area contributed by atoms with Crippen molar-refractivity contribution in [2.24, 2.45) is 0 Å². The lowest BCUT2D eigenvalue weighted by molar-refractivity contribution is 0.469. The monoisotopic (exact) mass is 214 g/mol. The Kier molecular flexibility index (Phi) is 2.77. The van der Waals surface area contributed by atoms with Crippen LogP contribution in [0, 0.1) is 6.92 Å². The average molecular weight is 214 g/mol. The summed E-state index contributed by atoms with van der Waals surface area (Å²) >= 11 is 0. The molecule has 0 amide bonds. The van der Waals surface area contributed by atoms with E-state index in [4.69, 9.17) is 0 Å². The van der Waals surface area contributed by atoms with Crippen molar-refractivity contribution in [3.8, 4) is 16.9 Å². The molecule has 82 valence electrons. The fourth-order valence-electron chi connectivity index (χ4n) is 1.74. The molecule has 0 unspecified atom stereocenters. The smallest absolute Gasteiger partial charge is 0.137 e. The molecule has 0 atom stereocenters. The minimum atomic E-state index is 0.220.